The van der Waals surface area contributed by atoms with E-state index in [-0.39, 0.29) is 24.1 Å². The third-order valence-electron chi connectivity index (χ3n) is 5.79. The summed E-state index contributed by atoms with van der Waals surface area (Å²) in [5.41, 5.74) is 4.92. The molecular weight excluding hydrogens is 448 g/mol. The molecule has 0 aliphatic carbocycles. The summed E-state index contributed by atoms with van der Waals surface area (Å²) in [5, 5.41) is 5.17. The van der Waals surface area contributed by atoms with Gasteiger partial charge in [0.25, 0.3) is 0 Å². The fourth-order valence-electron chi connectivity index (χ4n) is 4.01. The van der Waals surface area contributed by atoms with Crippen molar-refractivity contribution < 1.29 is 13.6 Å². The van der Waals surface area contributed by atoms with E-state index in [9.17, 15) is 13.6 Å². The van der Waals surface area contributed by atoms with E-state index < -0.39 is 0 Å². The highest BCUT2D eigenvalue weighted by atomic mass is 19.1. The van der Waals surface area contributed by atoms with E-state index in [1.165, 1.54) is 29.2 Å². The van der Waals surface area contributed by atoms with Crippen LogP contribution in [0.2, 0.25) is 0 Å². The van der Waals surface area contributed by atoms with E-state index in [2.05, 4.69) is 10.1 Å². The Bertz CT molecular complexity index is 1510. The molecule has 174 valence electrons. The van der Waals surface area contributed by atoms with Crippen molar-refractivity contribution in [3.63, 3.8) is 0 Å². The average Bonchev–Trinajstić information content (AvgIpc) is 3.26. The molecule has 0 bridgehead atoms. The molecule has 0 unspecified atom stereocenters. The second-order valence-electron chi connectivity index (χ2n) is 8.29. The number of hydrogen-bond donors (Lipinski definition) is 0. The van der Waals surface area contributed by atoms with Gasteiger partial charge in [-0.15, -0.1) is 0 Å². The van der Waals surface area contributed by atoms with Gasteiger partial charge in [-0.2, -0.15) is 5.10 Å². The maximum Gasteiger partial charge on any atom is 0.243 e. The van der Waals surface area contributed by atoms with Gasteiger partial charge in [0, 0.05) is 48.6 Å². The van der Waals surface area contributed by atoms with Crippen LogP contribution < -0.4 is 0 Å². The summed E-state index contributed by atoms with van der Waals surface area (Å²) in [6.07, 6.45) is 5.03. The number of rotatable bonds is 5. The third kappa shape index (κ3) is 4.26. The van der Waals surface area contributed by atoms with Gasteiger partial charge < -0.3 is 4.90 Å². The van der Waals surface area contributed by atoms with Gasteiger partial charge in [-0.05, 0) is 59.7 Å². The molecule has 1 amide bonds. The van der Waals surface area contributed by atoms with Crippen molar-refractivity contribution in [1.29, 1.82) is 0 Å². The number of halogens is 2. The monoisotopic (exact) mass is 469 g/mol. The molecule has 3 aromatic heterocycles. The number of carbonyl (C=O) groups is 1. The van der Waals surface area contributed by atoms with Crippen LogP contribution in [0.1, 0.15) is 0 Å². The zero-order valence-electron chi connectivity index (χ0n) is 19.1. The number of carbonyl (C=O) groups excluding carboxylic acids is 1. The van der Waals surface area contributed by atoms with Crippen molar-refractivity contribution in [2.45, 2.75) is 6.54 Å². The molecule has 0 atom stereocenters. The van der Waals surface area contributed by atoms with Crippen LogP contribution in [0.25, 0.3) is 44.5 Å². The van der Waals surface area contributed by atoms with Gasteiger partial charge in [0.1, 0.15) is 18.2 Å². The van der Waals surface area contributed by atoms with E-state index in [1.54, 1.807) is 61.6 Å². The van der Waals surface area contributed by atoms with E-state index in [1.807, 2.05) is 12.1 Å². The Balaban J connectivity index is 1.89. The molecule has 0 fully saturated rings. The summed E-state index contributed by atoms with van der Waals surface area (Å²) in [7, 11) is 3.35. The van der Waals surface area contributed by atoms with Crippen molar-refractivity contribution in [3.05, 3.63) is 90.9 Å². The Hall–Kier alpha value is -4.46. The van der Waals surface area contributed by atoms with Gasteiger partial charge in [0.15, 0.2) is 5.65 Å². The van der Waals surface area contributed by atoms with Crippen molar-refractivity contribution in [2.75, 3.05) is 14.1 Å². The van der Waals surface area contributed by atoms with Crippen LogP contribution in [0.4, 0.5) is 8.78 Å². The summed E-state index contributed by atoms with van der Waals surface area (Å²) < 4.78 is 29.2. The van der Waals surface area contributed by atoms with Gasteiger partial charge in [-0.1, -0.05) is 12.1 Å². The number of pyridine rings is 2. The first-order valence-corrected chi connectivity index (χ1v) is 10.9. The molecule has 0 radical (unpaired) electrons. The van der Waals surface area contributed by atoms with Crippen molar-refractivity contribution in [2.24, 2.45) is 0 Å². The smallest absolute Gasteiger partial charge is 0.243 e. The Morgan fingerprint density at radius 2 is 1.40 bits per heavy atom. The van der Waals surface area contributed by atoms with Crippen molar-refractivity contribution in [1.82, 2.24) is 24.6 Å². The van der Waals surface area contributed by atoms with Crippen LogP contribution in [0, 0.1) is 11.6 Å². The van der Waals surface area contributed by atoms with E-state index in [0.717, 1.165) is 22.3 Å². The Morgan fingerprint density at radius 1 is 0.829 bits per heavy atom. The molecule has 0 saturated heterocycles. The van der Waals surface area contributed by atoms with Gasteiger partial charge in [-0.3, -0.25) is 9.78 Å². The number of hydrogen-bond acceptors (Lipinski definition) is 4. The quantitative estimate of drug-likeness (QED) is 0.355. The van der Waals surface area contributed by atoms with Gasteiger partial charge in [0.2, 0.25) is 5.91 Å². The molecule has 0 N–H and O–H groups in total. The molecule has 0 aliphatic heterocycles. The highest BCUT2D eigenvalue weighted by Crippen LogP contribution is 2.43. The summed E-state index contributed by atoms with van der Waals surface area (Å²) in [5.74, 6) is -0.849. The molecular formula is C27H21F2N5O. The lowest BCUT2D eigenvalue weighted by Crippen LogP contribution is -2.26. The zero-order valence-corrected chi connectivity index (χ0v) is 19.1. The SMILES string of the molecule is CN(C)C(=O)Cn1ncc2c(-c3ccc(F)cc3)c(-c3ccncc3)c(-c3ccc(F)cc3)nc21. The largest absolute Gasteiger partial charge is 0.347 e. The second-order valence-corrected chi connectivity index (χ2v) is 8.29. The summed E-state index contributed by atoms with van der Waals surface area (Å²) in [6, 6.07) is 16.0. The normalized spacial score (nSPS) is 11.1. The molecule has 6 nitrogen and oxygen atoms in total. The van der Waals surface area contributed by atoms with Crippen LogP contribution in [-0.2, 0) is 11.3 Å². The van der Waals surface area contributed by atoms with Crippen LogP contribution in [0.5, 0.6) is 0 Å². The first kappa shape index (κ1) is 22.3. The van der Waals surface area contributed by atoms with Gasteiger partial charge >= 0.3 is 0 Å². The molecule has 35 heavy (non-hydrogen) atoms. The lowest BCUT2D eigenvalue weighted by Gasteiger charge is -2.17. The minimum Gasteiger partial charge on any atom is -0.347 e. The Labute approximate surface area is 200 Å². The molecule has 8 heteroatoms. The zero-order chi connectivity index (χ0) is 24.5. The predicted octanol–water partition coefficient (Wildman–Crippen LogP) is 5.19. The topological polar surface area (TPSA) is 63.9 Å². The summed E-state index contributed by atoms with van der Waals surface area (Å²) in [6.45, 7) is 0.00379. The van der Waals surface area contributed by atoms with Crippen LogP contribution >= 0.6 is 0 Å². The lowest BCUT2D eigenvalue weighted by atomic mass is 9.89. The number of fused-ring (bicyclic) bond motifs is 1. The first-order chi connectivity index (χ1) is 16.9. The Kier molecular flexibility index (Phi) is 5.78. The summed E-state index contributed by atoms with van der Waals surface area (Å²) in [4.78, 5) is 23.0. The number of nitrogens with zero attached hydrogens (tertiary/aromatic N) is 5. The fourth-order valence-corrected chi connectivity index (χ4v) is 4.01. The standard InChI is InChI=1S/C27H21F2N5O/c1-33(2)23(35)16-34-27-22(15-31-34)24(17-3-7-20(28)8-4-17)25(18-11-13-30-14-12-18)26(32-27)19-5-9-21(29)10-6-19/h3-15H,16H2,1-2H3. The molecule has 0 aliphatic rings. The molecule has 0 spiro atoms. The maximum absolute atomic E-state index is 13.8. The average molecular weight is 469 g/mol. The fraction of sp³-hybridized carbons (Fsp3) is 0.111. The minimum atomic E-state index is -0.360. The second kappa shape index (κ2) is 9.06. The number of likely N-dealkylation sites (N-methyl/N-ethyl adjacent to an activating group) is 1. The van der Waals surface area contributed by atoms with Crippen molar-refractivity contribution in [3.8, 4) is 33.5 Å². The highest BCUT2D eigenvalue weighted by Gasteiger charge is 2.23. The highest BCUT2D eigenvalue weighted by molar-refractivity contribution is 6.06. The molecule has 5 aromatic rings. The molecule has 3 heterocycles. The van der Waals surface area contributed by atoms with E-state index in [0.29, 0.717) is 22.3 Å². The third-order valence-corrected chi connectivity index (χ3v) is 5.79. The van der Waals surface area contributed by atoms with Gasteiger partial charge in [0.05, 0.1) is 11.9 Å². The summed E-state index contributed by atoms with van der Waals surface area (Å²) >= 11 is 0. The number of benzene rings is 2. The number of aromatic nitrogens is 4. The van der Waals surface area contributed by atoms with Crippen LogP contribution in [-0.4, -0.2) is 44.7 Å². The Morgan fingerprint density at radius 3 is 2.00 bits per heavy atom. The molecule has 2 aromatic carbocycles. The maximum atomic E-state index is 13.8. The van der Waals surface area contributed by atoms with E-state index >= 15 is 0 Å². The number of amides is 1. The molecule has 0 saturated carbocycles. The first-order valence-electron chi connectivity index (χ1n) is 10.9. The predicted molar refractivity (Wildman–Crippen MR) is 130 cm³/mol. The van der Waals surface area contributed by atoms with Gasteiger partial charge in [-0.25, -0.2) is 18.4 Å². The minimum absolute atomic E-state index is 0.00379. The van der Waals surface area contributed by atoms with Crippen molar-refractivity contribution >= 4 is 16.9 Å². The lowest BCUT2D eigenvalue weighted by molar-refractivity contribution is -0.129. The van der Waals surface area contributed by atoms with Crippen LogP contribution in [0.15, 0.2) is 79.3 Å². The van der Waals surface area contributed by atoms with Crippen LogP contribution in [0.3, 0.4) is 0 Å². The van der Waals surface area contributed by atoms with E-state index in [4.69, 9.17) is 4.98 Å². The molecule has 5 rings (SSSR count).